The summed E-state index contributed by atoms with van der Waals surface area (Å²) in [5, 5.41) is 3.04. The molecule has 1 saturated carbocycles. The van der Waals surface area contributed by atoms with Crippen molar-refractivity contribution in [2.75, 3.05) is 6.61 Å². The highest BCUT2D eigenvalue weighted by Crippen LogP contribution is 2.31. The van der Waals surface area contributed by atoms with Crippen molar-refractivity contribution in [1.82, 2.24) is 5.32 Å². The number of nitrogens with one attached hydrogen (secondary N) is 1. The molecule has 0 aromatic heterocycles. The molecule has 1 unspecified atom stereocenters. The first-order valence-electron chi connectivity index (χ1n) is 6.52. The molecule has 96 valence electrons. The second-order valence-electron chi connectivity index (χ2n) is 4.85. The van der Waals surface area contributed by atoms with Gasteiger partial charge in [0.1, 0.15) is 6.61 Å². The van der Waals surface area contributed by atoms with Crippen LogP contribution in [0.2, 0.25) is 0 Å². The van der Waals surface area contributed by atoms with Gasteiger partial charge < -0.3 is 14.8 Å². The van der Waals surface area contributed by atoms with Gasteiger partial charge in [0.15, 0.2) is 11.5 Å². The summed E-state index contributed by atoms with van der Waals surface area (Å²) in [4.78, 5) is 12.0. The molecule has 1 fully saturated rings. The van der Waals surface area contributed by atoms with E-state index >= 15 is 0 Å². The van der Waals surface area contributed by atoms with Crippen LogP contribution in [0, 0.1) is 0 Å². The van der Waals surface area contributed by atoms with Crippen molar-refractivity contribution in [3.63, 3.8) is 0 Å². The van der Waals surface area contributed by atoms with Crippen LogP contribution < -0.4 is 14.8 Å². The Kier molecular flexibility index (Phi) is 3.09. The molecule has 4 heteroatoms. The van der Waals surface area contributed by atoms with Crippen molar-refractivity contribution in [2.24, 2.45) is 0 Å². The van der Waals surface area contributed by atoms with Gasteiger partial charge in [-0.2, -0.15) is 0 Å². The molecule has 4 nitrogen and oxygen atoms in total. The number of ether oxygens (including phenoxy) is 2. The van der Waals surface area contributed by atoms with E-state index in [1.54, 1.807) is 0 Å². The molecule has 1 aliphatic carbocycles. The van der Waals surface area contributed by atoms with Crippen LogP contribution in [-0.4, -0.2) is 24.7 Å². The molecule has 1 aliphatic heterocycles. The zero-order chi connectivity index (χ0) is 12.4. The highest BCUT2D eigenvalue weighted by atomic mass is 16.6. The van der Waals surface area contributed by atoms with Gasteiger partial charge in [-0.1, -0.05) is 25.0 Å². The van der Waals surface area contributed by atoms with Crippen LogP contribution in [0.4, 0.5) is 0 Å². The fourth-order valence-electron chi connectivity index (χ4n) is 2.51. The third-order valence-electron chi connectivity index (χ3n) is 3.50. The van der Waals surface area contributed by atoms with Crippen molar-refractivity contribution in [1.29, 1.82) is 0 Å². The first kappa shape index (κ1) is 11.4. The third kappa shape index (κ3) is 2.28. The molecule has 1 aromatic rings. The zero-order valence-electron chi connectivity index (χ0n) is 10.2. The van der Waals surface area contributed by atoms with Gasteiger partial charge in [-0.25, -0.2) is 0 Å². The smallest absolute Gasteiger partial charge is 0.264 e. The number of benzene rings is 1. The van der Waals surface area contributed by atoms with E-state index in [1.165, 1.54) is 12.8 Å². The predicted molar refractivity (Wildman–Crippen MR) is 66.8 cm³/mol. The van der Waals surface area contributed by atoms with Crippen molar-refractivity contribution < 1.29 is 14.3 Å². The molecular weight excluding hydrogens is 230 g/mol. The van der Waals surface area contributed by atoms with Crippen LogP contribution in [0.3, 0.4) is 0 Å². The van der Waals surface area contributed by atoms with Gasteiger partial charge in [0.25, 0.3) is 5.91 Å². The van der Waals surface area contributed by atoms with Gasteiger partial charge in [0.2, 0.25) is 6.10 Å². The van der Waals surface area contributed by atoms with Crippen molar-refractivity contribution >= 4 is 5.91 Å². The molecule has 1 heterocycles. The lowest BCUT2D eigenvalue weighted by molar-refractivity contribution is -0.131. The van der Waals surface area contributed by atoms with E-state index in [4.69, 9.17) is 9.47 Å². The molecule has 0 bridgehead atoms. The third-order valence-corrected chi connectivity index (χ3v) is 3.50. The Morgan fingerprint density at radius 2 is 1.89 bits per heavy atom. The Bertz CT molecular complexity index is 440. The van der Waals surface area contributed by atoms with Crippen LogP contribution in [0.25, 0.3) is 0 Å². The minimum Gasteiger partial charge on any atom is -0.485 e. The minimum atomic E-state index is -0.527. The quantitative estimate of drug-likeness (QED) is 0.868. The summed E-state index contributed by atoms with van der Waals surface area (Å²) in [7, 11) is 0. The highest BCUT2D eigenvalue weighted by Gasteiger charge is 2.29. The maximum atomic E-state index is 12.0. The Labute approximate surface area is 106 Å². The summed E-state index contributed by atoms with van der Waals surface area (Å²) >= 11 is 0. The topological polar surface area (TPSA) is 47.6 Å². The molecular formula is C14H17NO3. The fourth-order valence-corrected chi connectivity index (χ4v) is 2.51. The Morgan fingerprint density at radius 3 is 2.67 bits per heavy atom. The largest absolute Gasteiger partial charge is 0.485 e. The summed E-state index contributed by atoms with van der Waals surface area (Å²) in [6.45, 7) is 0.287. The predicted octanol–water partition coefficient (Wildman–Crippen LogP) is 1.89. The number of para-hydroxylation sites is 2. The summed E-state index contributed by atoms with van der Waals surface area (Å²) in [5.74, 6) is 1.30. The van der Waals surface area contributed by atoms with Gasteiger partial charge in [-0.05, 0) is 25.0 Å². The van der Waals surface area contributed by atoms with Gasteiger partial charge in [-0.3, -0.25) is 4.79 Å². The number of hydrogen-bond acceptors (Lipinski definition) is 3. The van der Waals surface area contributed by atoms with Crippen LogP contribution >= 0.6 is 0 Å². The highest BCUT2D eigenvalue weighted by molar-refractivity contribution is 5.82. The molecule has 1 aromatic carbocycles. The van der Waals surface area contributed by atoms with E-state index < -0.39 is 6.10 Å². The molecule has 0 spiro atoms. The monoisotopic (exact) mass is 247 g/mol. The number of carbonyl (C=O) groups excluding carboxylic acids is 1. The van der Waals surface area contributed by atoms with E-state index in [1.807, 2.05) is 24.3 Å². The number of carbonyl (C=O) groups is 1. The van der Waals surface area contributed by atoms with Crippen LogP contribution in [0.1, 0.15) is 25.7 Å². The van der Waals surface area contributed by atoms with Crippen LogP contribution in [-0.2, 0) is 4.79 Å². The van der Waals surface area contributed by atoms with E-state index in [-0.39, 0.29) is 12.5 Å². The Morgan fingerprint density at radius 1 is 1.17 bits per heavy atom. The SMILES string of the molecule is O=C(NC1CCCC1)C1COc2ccccc2O1. The summed E-state index contributed by atoms with van der Waals surface area (Å²) < 4.78 is 11.2. The molecule has 0 radical (unpaired) electrons. The Balaban J connectivity index is 1.62. The number of hydrogen-bond donors (Lipinski definition) is 1. The minimum absolute atomic E-state index is 0.0589. The molecule has 3 rings (SSSR count). The summed E-state index contributed by atoms with van der Waals surface area (Å²) in [5.41, 5.74) is 0. The zero-order valence-corrected chi connectivity index (χ0v) is 10.2. The van der Waals surface area contributed by atoms with Gasteiger partial charge >= 0.3 is 0 Å². The van der Waals surface area contributed by atoms with E-state index in [9.17, 15) is 4.79 Å². The molecule has 1 atom stereocenters. The average molecular weight is 247 g/mol. The van der Waals surface area contributed by atoms with Gasteiger partial charge in [-0.15, -0.1) is 0 Å². The summed E-state index contributed by atoms with van der Waals surface area (Å²) in [6, 6.07) is 7.75. The number of amides is 1. The van der Waals surface area contributed by atoms with Gasteiger partial charge in [0.05, 0.1) is 0 Å². The summed E-state index contributed by atoms with van der Waals surface area (Å²) in [6.07, 6.45) is 4.04. The standard InChI is InChI=1S/C14H17NO3/c16-14(15-10-5-1-2-6-10)13-9-17-11-7-3-4-8-12(11)18-13/h3-4,7-8,10,13H,1-2,5-6,9H2,(H,15,16). The Hall–Kier alpha value is -1.71. The van der Waals surface area contributed by atoms with Crippen molar-refractivity contribution in [2.45, 2.75) is 37.8 Å². The van der Waals surface area contributed by atoms with E-state index in [0.717, 1.165) is 12.8 Å². The van der Waals surface area contributed by atoms with E-state index in [2.05, 4.69) is 5.32 Å². The lowest BCUT2D eigenvalue weighted by Gasteiger charge is -2.26. The second-order valence-corrected chi connectivity index (χ2v) is 4.85. The molecule has 18 heavy (non-hydrogen) atoms. The molecule has 1 N–H and O–H groups in total. The fraction of sp³-hybridized carbons (Fsp3) is 0.500. The van der Waals surface area contributed by atoms with Crippen LogP contribution in [0.15, 0.2) is 24.3 Å². The van der Waals surface area contributed by atoms with E-state index in [0.29, 0.717) is 17.5 Å². The van der Waals surface area contributed by atoms with Crippen molar-refractivity contribution in [3.8, 4) is 11.5 Å². The normalized spacial score (nSPS) is 22.8. The maximum Gasteiger partial charge on any atom is 0.264 e. The number of rotatable bonds is 2. The average Bonchev–Trinajstić information content (AvgIpc) is 2.91. The van der Waals surface area contributed by atoms with Crippen molar-refractivity contribution in [3.05, 3.63) is 24.3 Å². The van der Waals surface area contributed by atoms with Crippen LogP contribution in [0.5, 0.6) is 11.5 Å². The maximum absolute atomic E-state index is 12.0. The molecule has 2 aliphatic rings. The lowest BCUT2D eigenvalue weighted by Crippen LogP contribution is -2.46. The molecule has 1 amide bonds. The lowest BCUT2D eigenvalue weighted by atomic mass is 10.2. The first-order chi connectivity index (χ1) is 8.83. The number of fused-ring (bicyclic) bond motifs is 1. The second kappa shape index (κ2) is 4.88. The van der Waals surface area contributed by atoms with Gasteiger partial charge in [0, 0.05) is 6.04 Å². The first-order valence-corrected chi connectivity index (χ1v) is 6.52. The molecule has 0 saturated heterocycles.